The van der Waals surface area contributed by atoms with Gasteiger partial charge in [-0.2, -0.15) is 0 Å². The second-order valence-electron chi connectivity index (χ2n) is 4.20. The Bertz CT molecular complexity index is 592. The summed E-state index contributed by atoms with van der Waals surface area (Å²) < 4.78 is 42.4. The maximum atomic E-state index is 13.2. The minimum atomic E-state index is -3.31. The molecule has 0 aromatic heterocycles. The number of hydrogen-bond acceptors (Lipinski definition) is 5. The van der Waals surface area contributed by atoms with Gasteiger partial charge in [0, 0.05) is 19.6 Å². The Morgan fingerprint density at radius 1 is 1.38 bits per heavy atom. The number of carbonyl (C=O) groups excluding carboxylic acids is 1. The Balaban J connectivity index is 2.65. The molecular formula is C12H18FN3O4S. The number of nitrogens with two attached hydrogens (primary N) is 1. The van der Waals surface area contributed by atoms with Gasteiger partial charge < -0.3 is 15.8 Å². The number of hydrogen-bond donors (Lipinski definition) is 3. The summed E-state index contributed by atoms with van der Waals surface area (Å²) in [5, 5.41) is 2.47. The van der Waals surface area contributed by atoms with Crippen molar-refractivity contribution in [1.82, 2.24) is 10.0 Å². The van der Waals surface area contributed by atoms with Crippen LogP contribution in [0.3, 0.4) is 0 Å². The van der Waals surface area contributed by atoms with Gasteiger partial charge in [0.15, 0.2) is 0 Å². The van der Waals surface area contributed by atoms with Crippen molar-refractivity contribution >= 4 is 15.9 Å². The van der Waals surface area contributed by atoms with E-state index in [1.807, 2.05) is 0 Å². The van der Waals surface area contributed by atoms with Crippen LogP contribution in [-0.2, 0) is 10.0 Å². The van der Waals surface area contributed by atoms with Crippen LogP contribution in [0.5, 0.6) is 5.75 Å². The van der Waals surface area contributed by atoms with Crippen molar-refractivity contribution in [3.05, 3.63) is 29.6 Å². The van der Waals surface area contributed by atoms with Crippen LogP contribution in [-0.4, -0.2) is 46.8 Å². The Hall–Kier alpha value is -1.71. The molecule has 0 saturated heterocycles. The average Bonchev–Trinajstić information content (AvgIpc) is 2.41. The molecular weight excluding hydrogens is 301 g/mol. The third kappa shape index (κ3) is 6.52. The molecule has 0 aliphatic rings. The highest BCUT2D eigenvalue weighted by Gasteiger charge is 2.13. The third-order valence-electron chi connectivity index (χ3n) is 2.34. The molecule has 0 unspecified atom stereocenters. The monoisotopic (exact) mass is 319 g/mol. The number of sulfonamides is 1. The summed E-state index contributed by atoms with van der Waals surface area (Å²) in [7, 11) is -3.31. The highest BCUT2D eigenvalue weighted by molar-refractivity contribution is 7.88. The van der Waals surface area contributed by atoms with Gasteiger partial charge in [-0.25, -0.2) is 17.5 Å². The zero-order valence-electron chi connectivity index (χ0n) is 11.6. The van der Waals surface area contributed by atoms with E-state index in [2.05, 4.69) is 10.0 Å². The summed E-state index contributed by atoms with van der Waals surface area (Å²) >= 11 is 0. The van der Waals surface area contributed by atoms with Crippen LogP contribution >= 0.6 is 0 Å². The molecule has 1 amide bonds. The smallest absolute Gasteiger partial charge is 0.255 e. The molecule has 1 aromatic carbocycles. The molecule has 0 atom stereocenters. The molecule has 0 radical (unpaired) electrons. The first-order valence-electron chi connectivity index (χ1n) is 6.19. The van der Waals surface area contributed by atoms with Gasteiger partial charge in [0.05, 0.1) is 11.8 Å². The predicted octanol–water partition coefficient (Wildman–Crippen LogP) is -0.558. The van der Waals surface area contributed by atoms with E-state index in [0.717, 1.165) is 12.3 Å². The van der Waals surface area contributed by atoms with E-state index in [0.29, 0.717) is 0 Å². The zero-order chi connectivity index (χ0) is 15.9. The maximum Gasteiger partial charge on any atom is 0.255 e. The van der Waals surface area contributed by atoms with Crippen molar-refractivity contribution < 1.29 is 22.3 Å². The van der Waals surface area contributed by atoms with Crippen LogP contribution in [0.2, 0.25) is 0 Å². The molecule has 0 saturated carbocycles. The molecule has 7 nitrogen and oxygen atoms in total. The first kappa shape index (κ1) is 17.3. The van der Waals surface area contributed by atoms with E-state index in [-0.39, 0.29) is 37.6 Å². The summed E-state index contributed by atoms with van der Waals surface area (Å²) in [4.78, 5) is 11.9. The molecule has 21 heavy (non-hydrogen) atoms. The van der Waals surface area contributed by atoms with Crippen LogP contribution in [0.15, 0.2) is 18.2 Å². The molecule has 0 aliphatic heterocycles. The van der Waals surface area contributed by atoms with E-state index in [9.17, 15) is 17.6 Å². The average molecular weight is 319 g/mol. The van der Waals surface area contributed by atoms with Crippen molar-refractivity contribution in [2.45, 2.75) is 0 Å². The van der Waals surface area contributed by atoms with Crippen LogP contribution in [0, 0.1) is 5.82 Å². The second kappa shape index (κ2) is 7.91. The summed E-state index contributed by atoms with van der Waals surface area (Å²) in [6.07, 6.45) is 1.01. The minimum absolute atomic E-state index is 0.0304. The van der Waals surface area contributed by atoms with E-state index in [4.69, 9.17) is 10.5 Å². The fraction of sp³-hybridized carbons (Fsp3) is 0.417. The normalized spacial score (nSPS) is 11.2. The number of ether oxygens (including phenoxy) is 1. The highest BCUT2D eigenvalue weighted by Crippen LogP contribution is 2.19. The standard InChI is InChI=1S/C12H18FN3O4S/c1-21(18,19)16-6-5-15-12(17)10-8-9(13)2-3-11(10)20-7-4-14/h2-3,8,16H,4-7,14H2,1H3,(H,15,17). The molecule has 118 valence electrons. The number of nitrogens with one attached hydrogen (secondary N) is 2. The molecule has 0 bridgehead atoms. The fourth-order valence-corrected chi connectivity index (χ4v) is 1.95. The quantitative estimate of drug-likeness (QED) is 0.556. The number of rotatable bonds is 8. The van der Waals surface area contributed by atoms with Gasteiger partial charge in [-0.15, -0.1) is 0 Å². The van der Waals surface area contributed by atoms with Crippen LogP contribution in [0.4, 0.5) is 4.39 Å². The van der Waals surface area contributed by atoms with Gasteiger partial charge in [0.1, 0.15) is 18.2 Å². The number of benzene rings is 1. The SMILES string of the molecule is CS(=O)(=O)NCCNC(=O)c1cc(F)ccc1OCCN. The van der Waals surface area contributed by atoms with E-state index >= 15 is 0 Å². The van der Waals surface area contributed by atoms with Crippen molar-refractivity contribution in [3.63, 3.8) is 0 Å². The van der Waals surface area contributed by atoms with E-state index < -0.39 is 21.7 Å². The van der Waals surface area contributed by atoms with Gasteiger partial charge in [0.2, 0.25) is 10.0 Å². The van der Waals surface area contributed by atoms with Crippen LogP contribution in [0.1, 0.15) is 10.4 Å². The molecule has 0 fully saturated rings. The molecule has 0 spiro atoms. The number of amides is 1. The molecule has 1 aromatic rings. The van der Waals surface area contributed by atoms with Crippen molar-refractivity contribution in [3.8, 4) is 5.75 Å². The van der Waals surface area contributed by atoms with Gasteiger partial charge in [-0.3, -0.25) is 4.79 Å². The third-order valence-corrected chi connectivity index (χ3v) is 3.06. The topological polar surface area (TPSA) is 111 Å². The van der Waals surface area contributed by atoms with Gasteiger partial charge in [0.25, 0.3) is 5.91 Å². The lowest BCUT2D eigenvalue weighted by atomic mass is 10.2. The maximum absolute atomic E-state index is 13.2. The van der Waals surface area contributed by atoms with E-state index in [1.165, 1.54) is 12.1 Å². The Morgan fingerprint density at radius 2 is 2.10 bits per heavy atom. The number of carbonyl (C=O) groups is 1. The highest BCUT2D eigenvalue weighted by atomic mass is 32.2. The van der Waals surface area contributed by atoms with Crippen LogP contribution in [0.25, 0.3) is 0 Å². The summed E-state index contributed by atoms with van der Waals surface area (Å²) in [5.74, 6) is -0.915. The van der Waals surface area contributed by atoms with Crippen molar-refractivity contribution in [2.24, 2.45) is 5.73 Å². The van der Waals surface area contributed by atoms with Crippen molar-refractivity contribution in [1.29, 1.82) is 0 Å². The number of halogens is 1. The molecule has 0 aliphatic carbocycles. The fourth-order valence-electron chi connectivity index (χ4n) is 1.48. The van der Waals surface area contributed by atoms with E-state index in [1.54, 1.807) is 0 Å². The van der Waals surface area contributed by atoms with Gasteiger partial charge in [-0.1, -0.05) is 0 Å². The lowest BCUT2D eigenvalue weighted by Crippen LogP contribution is -2.34. The summed E-state index contributed by atoms with van der Waals surface area (Å²) in [5.41, 5.74) is 5.34. The Morgan fingerprint density at radius 3 is 2.71 bits per heavy atom. The van der Waals surface area contributed by atoms with Crippen LogP contribution < -0.4 is 20.5 Å². The largest absolute Gasteiger partial charge is 0.491 e. The first-order valence-corrected chi connectivity index (χ1v) is 8.08. The predicted molar refractivity (Wildman–Crippen MR) is 76.1 cm³/mol. The first-order chi connectivity index (χ1) is 9.83. The minimum Gasteiger partial charge on any atom is -0.491 e. The van der Waals surface area contributed by atoms with Gasteiger partial charge >= 0.3 is 0 Å². The second-order valence-corrected chi connectivity index (χ2v) is 6.03. The molecule has 0 heterocycles. The summed E-state index contributed by atoms with van der Waals surface area (Å²) in [6, 6.07) is 3.56. The lowest BCUT2D eigenvalue weighted by Gasteiger charge is -2.11. The molecule has 9 heteroatoms. The lowest BCUT2D eigenvalue weighted by molar-refractivity contribution is 0.0950. The molecule has 4 N–H and O–H groups in total. The molecule has 1 rings (SSSR count). The van der Waals surface area contributed by atoms with Gasteiger partial charge in [-0.05, 0) is 18.2 Å². The Kier molecular flexibility index (Phi) is 6.53. The zero-order valence-corrected chi connectivity index (χ0v) is 12.4. The Labute approximate surface area is 122 Å². The van der Waals surface area contributed by atoms with Crippen molar-refractivity contribution in [2.75, 3.05) is 32.5 Å². The summed E-state index contributed by atoms with van der Waals surface area (Å²) in [6.45, 7) is 0.565.